The molecule has 0 aliphatic heterocycles. The Morgan fingerprint density at radius 1 is 0.857 bits per heavy atom. The fourth-order valence-corrected chi connectivity index (χ4v) is 4.70. The van der Waals surface area contributed by atoms with Gasteiger partial charge in [0, 0.05) is 40.8 Å². The molecule has 3 heterocycles. The molecule has 5 rings (SSSR count). The predicted octanol–water partition coefficient (Wildman–Crippen LogP) is 7.07. The summed E-state index contributed by atoms with van der Waals surface area (Å²) in [5.41, 5.74) is 3.78. The van der Waals surface area contributed by atoms with Crippen LogP contribution in [0.25, 0.3) is 22.2 Å². The number of hydrogen-bond acceptors (Lipinski definition) is 5. The van der Waals surface area contributed by atoms with Gasteiger partial charge in [0.05, 0.1) is 34.1 Å². The van der Waals surface area contributed by atoms with E-state index in [2.05, 4.69) is 25.6 Å². The Bertz CT molecular complexity index is 1790. The number of nitrogens with one attached hydrogen (secondary N) is 2. The third-order valence-corrected chi connectivity index (χ3v) is 6.75. The number of nitrogens with zero attached hydrogens (tertiary/aromatic N) is 3. The lowest BCUT2D eigenvalue weighted by atomic mass is 9.95. The minimum Gasteiger partial charge on any atom is -0.344 e. The third-order valence-electron chi connectivity index (χ3n) is 6.75. The average Bonchev–Trinajstić information content (AvgIpc) is 2.96. The van der Waals surface area contributed by atoms with Gasteiger partial charge >= 0.3 is 6.18 Å². The number of carbonyl (C=O) groups excluding carboxylic acids is 2. The van der Waals surface area contributed by atoms with Crippen LogP contribution in [0.3, 0.4) is 0 Å². The van der Waals surface area contributed by atoms with Crippen LogP contribution in [0, 0.1) is 13.8 Å². The smallest absolute Gasteiger partial charge is 0.344 e. The van der Waals surface area contributed by atoms with Gasteiger partial charge in [0.2, 0.25) is 0 Å². The number of pyridine rings is 3. The van der Waals surface area contributed by atoms with Crippen LogP contribution < -0.4 is 10.6 Å². The summed E-state index contributed by atoms with van der Waals surface area (Å²) >= 11 is 0. The van der Waals surface area contributed by atoms with Crippen LogP contribution in [0.2, 0.25) is 0 Å². The van der Waals surface area contributed by atoms with Gasteiger partial charge in [0.15, 0.2) is 0 Å². The Hall–Kier alpha value is -5.12. The summed E-state index contributed by atoms with van der Waals surface area (Å²) in [5, 5.41) is 6.47. The second-order valence-corrected chi connectivity index (χ2v) is 9.97. The van der Waals surface area contributed by atoms with Gasteiger partial charge in [-0.15, -0.1) is 0 Å². The van der Waals surface area contributed by atoms with Crippen molar-refractivity contribution in [3.8, 4) is 11.3 Å². The number of rotatable bonds is 6. The van der Waals surface area contributed by atoms with Gasteiger partial charge in [0.1, 0.15) is 0 Å². The summed E-state index contributed by atoms with van der Waals surface area (Å²) in [6.45, 7) is 5.46. The number of fused-ring (bicyclic) bond motifs is 1. The number of amides is 2. The molecule has 0 radical (unpaired) electrons. The SMILES string of the molecule is Cc1cc(C)c(-c2ccc(C(F)(F)F)cn2)c(C(=O)Nc2ccc3cc(C(=O)NC(C)c4ccccn4)cnc3c2)c1. The van der Waals surface area contributed by atoms with Crippen LogP contribution in [0.4, 0.5) is 18.9 Å². The van der Waals surface area contributed by atoms with E-state index in [-0.39, 0.29) is 23.2 Å². The van der Waals surface area contributed by atoms with Gasteiger partial charge in [-0.25, -0.2) is 0 Å². The van der Waals surface area contributed by atoms with Crippen molar-refractivity contribution in [2.24, 2.45) is 0 Å². The fourth-order valence-electron chi connectivity index (χ4n) is 4.70. The van der Waals surface area contributed by atoms with Crippen molar-refractivity contribution in [3.63, 3.8) is 0 Å². The van der Waals surface area contributed by atoms with Crippen LogP contribution in [0.5, 0.6) is 0 Å². The zero-order chi connectivity index (χ0) is 30.0. The Kier molecular flexibility index (Phi) is 7.71. The third kappa shape index (κ3) is 6.12. The number of alkyl halides is 3. The van der Waals surface area contributed by atoms with Gasteiger partial charge in [-0.1, -0.05) is 23.8 Å². The van der Waals surface area contributed by atoms with E-state index in [0.29, 0.717) is 33.3 Å². The van der Waals surface area contributed by atoms with E-state index in [9.17, 15) is 22.8 Å². The minimum atomic E-state index is -4.51. The highest BCUT2D eigenvalue weighted by Crippen LogP contribution is 2.32. The number of aryl methyl sites for hydroxylation is 2. The number of carbonyl (C=O) groups is 2. The van der Waals surface area contributed by atoms with Crippen LogP contribution in [0.1, 0.15) is 56.1 Å². The molecule has 3 aromatic heterocycles. The number of aromatic nitrogens is 3. The van der Waals surface area contributed by atoms with Gasteiger partial charge < -0.3 is 10.6 Å². The summed E-state index contributed by atoms with van der Waals surface area (Å²) in [6, 6.07) is 17.8. The first-order chi connectivity index (χ1) is 20.0. The van der Waals surface area contributed by atoms with Crippen LogP contribution in [-0.4, -0.2) is 26.8 Å². The van der Waals surface area contributed by atoms with E-state index < -0.39 is 17.6 Å². The van der Waals surface area contributed by atoms with Crippen molar-refractivity contribution in [1.29, 1.82) is 0 Å². The summed E-state index contributed by atoms with van der Waals surface area (Å²) in [5.74, 6) is -0.739. The molecule has 2 amide bonds. The average molecular weight is 570 g/mol. The molecule has 7 nitrogen and oxygen atoms in total. The molecule has 0 aliphatic carbocycles. The van der Waals surface area contributed by atoms with Crippen LogP contribution >= 0.6 is 0 Å². The maximum Gasteiger partial charge on any atom is 0.417 e. The summed E-state index contributed by atoms with van der Waals surface area (Å²) in [7, 11) is 0. The van der Waals surface area contributed by atoms with Crippen molar-refractivity contribution >= 4 is 28.4 Å². The first-order valence-electron chi connectivity index (χ1n) is 13.1. The van der Waals surface area contributed by atoms with Gasteiger partial charge in [-0.3, -0.25) is 24.5 Å². The quantitative estimate of drug-likeness (QED) is 0.228. The normalized spacial score (nSPS) is 12.1. The van der Waals surface area contributed by atoms with Crippen molar-refractivity contribution in [3.05, 3.63) is 119 Å². The van der Waals surface area contributed by atoms with Crippen molar-refractivity contribution in [1.82, 2.24) is 20.3 Å². The Morgan fingerprint density at radius 2 is 1.67 bits per heavy atom. The second-order valence-electron chi connectivity index (χ2n) is 9.97. The lowest BCUT2D eigenvalue weighted by Crippen LogP contribution is -2.27. The summed E-state index contributed by atoms with van der Waals surface area (Å²) in [6.07, 6.45) is -0.620. The number of hydrogen-bond donors (Lipinski definition) is 2. The van der Waals surface area contributed by atoms with E-state index >= 15 is 0 Å². The zero-order valence-electron chi connectivity index (χ0n) is 23.0. The molecule has 2 aromatic carbocycles. The number of halogens is 3. The molecule has 42 heavy (non-hydrogen) atoms. The maximum atomic E-state index is 13.4. The monoisotopic (exact) mass is 569 g/mol. The van der Waals surface area contributed by atoms with E-state index in [1.54, 1.807) is 49.5 Å². The second kappa shape index (κ2) is 11.4. The van der Waals surface area contributed by atoms with Crippen LogP contribution in [-0.2, 0) is 6.18 Å². The fraction of sp³-hybridized carbons (Fsp3) is 0.156. The Balaban J connectivity index is 1.37. The topological polar surface area (TPSA) is 96.9 Å². The molecular formula is C32H26F3N5O2. The molecule has 1 unspecified atom stereocenters. The molecule has 212 valence electrons. The zero-order valence-corrected chi connectivity index (χ0v) is 23.0. The van der Waals surface area contributed by atoms with Gasteiger partial charge in [-0.05, 0) is 74.9 Å². The molecule has 0 bridgehead atoms. The van der Waals surface area contributed by atoms with Crippen LogP contribution in [0.15, 0.2) is 85.3 Å². The molecular weight excluding hydrogens is 543 g/mol. The molecule has 0 saturated carbocycles. The summed E-state index contributed by atoms with van der Waals surface area (Å²) < 4.78 is 39.2. The minimum absolute atomic E-state index is 0.258. The molecule has 0 saturated heterocycles. The molecule has 0 fully saturated rings. The largest absolute Gasteiger partial charge is 0.417 e. The number of anilines is 1. The first-order valence-corrected chi connectivity index (χ1v) is 13.1. The highest BCUT2D eigenvalue weighted by Gasteiger charge is 2.31. The summed E-state index contributed by atoms with van der Waals surface area (Å²) in [4.78, 5) is 38.9. The predicted molar refractivity (Wildman–Crippen MR) is 154 cm³/mol. The molecule has 2 N–H and O–H groups in total. The van der Waals surface area contributed by atoms with E-state index in [0.717, 1.165) is 23.5 Å². The van der Waals surface area contributed by atoms with E-state index in [1.165, 1.54) is 12.3 Å². The van der Waals surface area contributed by atoms with E-state index in [1.807, 2.05) is 32.0 Å². The molecule has 10 heteroatoms. The first kappa shape index (κ1) is 28.4. The molecule has 5 aromatic rings. The Labute approximate surface area is 239 Å². The molecule has 0 spiro atoms. The van der Waals surface area contributed by atoms with E-state index in [4.69, 9.17) is 0 Å². The van der Waals surface area contributed by atoms with Gasteiger partial charge in [0.25, 0.3) is 11.8 Å². The van der Waals surface area contributed by atoms with Crippen molar-refractivity contribution in [2.75, 3.05) is 5.32 Å². The van der Waals surface area contributed by atoms with Crippen molar-refractivity contribution < 1.29 is 22.8 Å². The lowest BCUT2D eigenvalue weighted by Gasteiger charge is -2.15. The molecule has 0 aliphatic rings. The van der Waals surface area contributed by atoms with Gasteiger partial charge in [-0.2, -0.15) is 13.2 Å². The van der Waals surface area contributed by atoms with Crippen molar-refractivity contribution in [2.45, 2.75) is 33.0 Å². The molecule has 1 atom stereocenters. The highest BCUT2D eigenvalue weighted by atomic mass is 19.4. The number of benzene rings is 2. The highest BCUT2D eigenvalue weighted by molar-refractivity contribution is 6.09. The maximum absolute atomic E-state index is 13.4. The standard InChI is InChI=1S/C32H26F3N5O2/c1-18-12-19(2)29(27-10-8-23(17-38-27)32(33,34)35)25(13-18)31(42)40-24-9-7-21-14-22(16-37-28(21)15-24)30(41)39-20(3)26-6-4-5-11-36-26/h4-17,20H,1-3H3,(H,39,41)(H,40,42). The lowest BCUT2D eigenvalue weighted by molar-refractivity contribution is -0.137. The Morgan fingerprint density at radius 3 is 2.36 bits per heavy atom.